The summed E-state index contributed by atoms with van der Waals surface area (Å²) in [5, 5.41) is 0. The van der Waals surface area contributed by atoms with Crippen LogP contribution in [0.2, 0.25) is 0 Å². The van der Waals surface area contributed by atoms with Crippen molar-refractivity contribution >= 4 is 16.8 Å². The van der Waals surface area contributed by atoms with Crippen molar-refractivity contribution in [3.8, 4) is 17.3 Å². The fourth-order valence-corrected chi connectivity index (χ4v) is 3.51. The van der Waals surface area contributed by atoms with Crippen LogP contribution in [0, 0.1) is 6.92 Å². The minimum atomic E-state index is -0.102. The number of ether oxygens (including phenoxy) is 1. The summed E-state index contributed by atoms with van der Waals surface area (Å²) >= 11 is 0. The van der Waals surface area contributed by atoms with Gasteiger partial charge in [-0.1, -0.05) is 6.07 Å². The fraction of sp³-hybridized carbons (Fsp3) is 0.136. The number of imidazole rings is 2. The van der Waals surface area contributed by atoms with E-state index in [4.69, 9.17) is 4.74 Å². The molecule has 5 rings (SSSR count). The smallest absolute Gasteiger partial charge is 0.334 e. The molecule has 144 valence electrons. The van der Waals surface area contributed by atoms with Crippen LogP contribution in [0.1, 0.15) is 12.5 Å². The molecule has 1 aromatic carbocycles. The van der Waals surface area contributed by atoms with Crippen molar-refractivity contribution in [2.45, 2.75) is 20.4 Å². The quantitative estimate of drug-likeness (QED) is 0.470. The van der Waals surface area contributed by atoms with Crippen LogP contribution in [-0.2, 0) is 6.54 Å². The molecule has 0 fully saturated rings. The number of nitrogens with zero attached hydrogens (tertiary/aromatic N) is 5. The highest BCUT2D eigenvalue weighted by molar-refractivity contribution is 5.74. The molecule has 7 heteroatoms. The summed E-state index contributed by atoms with van der Waals surface area (Å²) < 4.78 is 11.1. The van der Waals surface area contributed by atoms with E-state index in [0.29, 0.717) is 23.8 Å². The highest BCUT2D eigenvalue weighted by Crippen LogP contribution is 2.23. The number of hydrogen-bond acceptors (Lipinski definition) is 4. The number of fused-ring (bicyclic) bond motifs is 2. The summed E-state index contributed by atoms with van der Waals surface area (Å²) in [7, 11) is 0. The topological polar surface area (TPSA) is 66.3 Å². The molecule has 0 amide bonds. The number of rotatable bonds is 4. The van der Waals surface area contributed by atoms with Crippen molar-refractivity contribution < 1.29 is 4.74 Å². The third-order valence-electron chi connectivity index (χ3n) is 4.88. The average molecular weight is 385 g/mol. The molecule has 0 saturated carbocycles. The van der Waals surface area contributed by atoms with Crippen molar-refractivity contribution in [3.05, 3.63) is 83.2 Å². The van der Waals surface area contributed by atoms with E-state index in [2.05, 4.69) is 9.97 Å². The summed E-state index contributed by atoms with van der Waals surface area (Å²) in [6.07, 6.45) is 5.52. The van der Waals surface area contributed by atoms with E-state index < -0.39 is 0 Å². The van der Waals surface area contributed by atoms with Crippen molar-refractivity contribution in [1.82, 2.24) is 23.5 Å². The summed E-state index contributed by atoms with van der Waals surface area (Å²) in [5.41, 5.74) is 3.96. The predicted molar refractivity (Wildman–Crippen MR) is 111 cm³/mol. The summed E-state index contributed by atoms with van der Waals surface area (Å²) in [5.74, 6) is 1.16. The molecule has 0 aliphatic rings. The van der Waals surface area contributed by atoms with Crippen molar-refractivity contribution in [2.24, 2.45) is 0 Å². The van der Waals surface area contributed by atoms with E-state index in [-0.39, 0.29) is 5.69 Å². The molecule has 4 aromatic heterocycles. The molecule has 0 aliphatic heterocycles. The molecule has 0 radical (unpaired) electrons. The van der Waals surface area contributed by atoms with Gasteiger partial charge < -0.3 is 9.14 Å². The second-order valence-electron chi connectivity index (χ2n) is 6.86. The maximum absolute atomic E-state index is 12.9. The number of aromatic nitrogens is 5. The van der Waals surface area contributed by atoms with Crippen LogP contribution in [0.5, 0.6) is 11.6 Å². The highest BCUT2D eigenvalue weighted by atomic mass is 16.5. The zero-order valence-corrected chi connectivity index (χ0v) is 16.1. The van der Waals surface area contributed by atoms with Crippen LogP contribution >= 0.6 is 0 Å². The molecular formula is C22H19N5O2. The number of hydrogen-bond donors (Lipinski definition) is 0. The van der Waals surface area contributed by atoms with Crippen LogP contribution in [0.15, 0.2) is 71.9 Å². The Kier molecular flexibility index (Phi) is 3.94. The van der Waals surface area contributed by atoms with Crippen LogP contribution in [-0.4, -0.2) is 23.5 Å². The lowest BCUT2D eigenvalue weighted by Crippen LogP contribution is -2.22. The SMILES string of the molecule is CCn1c(=O)n(-c2ccc(Oc3cn4ccccc4n3)cc2)c2ncc(C)cc21. The predicted octanol–water partition coefficient (Wildman–Crippen LogP) is 3.96. The van der Waals surface area contributed by atoms with E-state index in [1.54, 1.807) is 15.3 Å². The molecule has 29 heavy (non-hydrogen) atoms. The molecule has 4 heterocycles. The van der Waals surface area contributed by atoms with Gasteiger partial charge in [0.2, 0.25) is 5.88 Å². The normalized spacial score (nSPS) is 11.4. The maximum atomic E-state index is 12.9. The Morgan fingerprint density at radius 1 is 1.10 bits per heavy atom. The van der Waals surface area contributed by atoms with E-state index in [0.717, 1.165) is 22.4 Å². The first-order valence-corrected chi connectivity index (χ1v) is 9.44. The zero-order chi connectivity index (χ0) is 20.0. The average Bonchev–Trinajstić information content (AvgIpc) is 3.25. The third-order valence-corrected chi connectivity index (χ3v) is 4.88. The summed E-state index contributed by atoms with van der Waals surface area (Å²) in [6, 6.07) is 15.1. The first kappa shape index (κ1) is 17.2. The molecule has 0 aliphatic carbocycles. The van der Waals surface area contributed by atoms with Crippen molar-refractivity contribution in [2.75, 3.05) is 0 Å². The molecule has 0 unspecified atom stereocenters. The van der Waals surface area contributed by atoms with E-state index in [1.807, 2.05) is 79.2 Å². The van der Waals surface area contributed by atoms with E-state index in [1.165, 1.54) is 0 Å². The van der Waals surface area contributed by atoms with Gasteiger partial charge in [-0.25, -0.2) is 14.3 Å². The minimum Gasteiger partial charge on any atom is -0.437 e. The van der Waals surface area contributed by atoms with Gasteiger partial charge in [0, 0.05) is 18.9 Å². The Balaban J connectivity index is 1.52. The van der Waals surface area contributed by atoms with E-state index >= 15 is 0 Å². The van der Waals surface area contributed by atoms with E-state index in [9.17, 15) is 4.79 Å². The van der Waals surface area contributed by atoms with Gasteiger partial charge in [-0.2, -0.15) is 4.98 Å². The van der Waals surface area contributed by atoms with Crippen molar-refractivity contribution in [3.63, 3.8) is 0 Å². The van der Waals surface area contributed by atoms with Crippen LogP contribution in [0.4, 0.5) is 0 Å². The molecule has 7 nitrogen and oxygen atoms in total. The van der Waals surface area contributed by atoms with Gasteiger partial charge in [-0.05, 0) is 61.9 Å². The third kappa shape index (κ3) is 2.87. The molecule has 0 atom stereocenters. The van der Waals surface area contributed by atoms with Crippen LogP contribution in [0.25, 0.3) is 22.5 Å². The number of pyridine rings is 2. The van der Waals surface area contributed by atoms with Crippen LogP contribution in [0.3, 0.4) is 0 Å². The highest BCUT2D eigenvalue weighted by Gasteiger charge is 2.15. The molecule has 0 spiro atoms. The van der Waals surface area contributed by atoms with Gasteiger partial charge in [0.25, 0.3) is 0 Å². The molecule has 0 N–H and O–H groups in total. The summed E-state index contributed by atoms with van der Waals surface area (Å²) in [4.78, 5) is 21.9. The summed E-state index contributed by atoms with van der Waals surface area (Å²) in [6.45, 7) is 4.52. The van der Waals surface area contributed by atoms with Gasteiger partial charge in [0.15, 0.2) is 5.65 Å². The van der Waals surface area contributed by atoms with Gasteiger partial charge in [-0.3, -0.25) is 4.57 Å². The standard InChI is InChI=1S/C22H19N5O2/c1-3-26-18-12-15(2)13-23-21(18)27(22(26)28)16-7-9-17(10-8-16)29-20-14-25-11-5-4-6-19(25)24-20/h4-14H,3H2,1-2H3. The molecular weight excluding hydrogens is 366 g/mol. The lowest BCUT2D eigenvalue weighted by molar-refractivity contribution is 0.466. The monoisotopic (exact) mass is 385 g/mol. The largest absolute Gasteiger partial charge is 0.437 e. The first-order valence-electron chi connectivity index (χ1n) is 9.44. The number of aryl methyl sites for hydroxylation is 2. The fourth-order valence-electron chi connectivity index (χ4n) is 3.51. The lowest BCUT2D eigenvalue weighted by atomic mass is 10.3. The van der Waals surface area contributed by atoms with Gasteiger partial charge >= 0.3 is 5.69 Å². The van der Waals surface area contributed by atoms with Gasteiger partial charge in [0.1, 0.15) is 11.4 Å². The second kappa shape index (κ2) is 6.63. The Morgan fingerprint density at radius 3 is 2.69 bits per heavy atom. The Labute approximate surface area is 166 Å². The zero-order valence-electron chi connectivity index (χ0n) is 16.1. The van der Waals surface area contributed by atoms with Gasteiger partial charge in [-0.15, -0.1) is 0 Å². The van der Waals surface area contributed by atoms with Gasteiger partial charge in [0.05, 0.1) is 17.4 Å². The van der Waals surface area contributed by atoms with Crippen LogP contribution < -0.4 is 10.4 Å². The molecule has 0 bridgehead atoms. The minimum absolute atomic E-state index is 0.102. The molecule has 0 saturated heterocycles. The second-order valence-corrected chi connectivity index (χ2v) is 6.86. The number of benzene rings is 1. The lowest BCUT2D eigenvalue weighted by Gasteiger charge is -2.05. The first-order chi connectivity index (χ1) is 14.1. The Hall–Kier alpha value is -3.87. The Morgan fingerprint density at radius 2 is 1.93 bits per heavy atom. The molecule has 5 aromatic rings. The van der Waals surface area contributed by atoms with Crippen molar-refractivity contribution in [1.29, 1.82) is 0 Å². The Bertz CT molecular complexity index is 1360. The maximum Gasteiger partial charge on any atom is 0.334 e.